The van der Waals surface area contributed by atoms with Crippen LogP contribution in [0.15, 0.2) is 0 Å². The van der Waals surface area contributed by atoms with E-state index in [4.69, 9.17) is 0 Å². The summed E-state index contributed by atoms with van der Waals surface area (Å²) < 4.78 is 0. The minimum absolute atomic E-state index is 0. The number of hydrogen-bond donors (Lipinski definition) is 6. The molecule has 1 heterocycles. The normalized spacial score (nSPS) is 19.6. The quantitative estimate of drug-likeness (QED) is 0.0829. The minimum atomic E-state index is -1.46. The van der Waals surface area contributed by atoms with Crippen molar-refractivity contribution in [3.05, 3.63) is 15.6 Å². The third-order valence-corrected chi connectivity index (χ3v) is 6.94. The molecule has 0 aromatic heterocycles. The molecule has 6 N–H and O–H groups in total. The van der Waals surface area contributed by atoms with Crippen LogP contribution < -0.4 is 31.9 Å². The maximum absolute atomic E-state index is 13.5. The zero-order chi connectivity index (χ0) is 36.4. The predicted molar refractivity (Wildman–Crippen MR) is 165 cm³/mol. The summed E-state index contributed by atoms with van der Waals surface area (Å²) >= 11 is 0. The molecular weight excluding hydrogens is 698 g/mol. The van der Waals surface area contributed by atoms with Gasteiger partial charge >= 0.3 is 17.1 Å². The number of hydroxylamine groups is 6. The Kier molecular flexibility index (Phi) is 21.0. The Balaban J connectivity index is 0.0000230. The molecule has 1 aliphatic rings. The summed E-state index contributed by atoms with van der Waals surface area (Å²) in [5.41, 5.74) is 0. The van der Waals surface area contributed by atoms with Crippen molar-refractivity contribution < 1.29 is 60.2 Å². The second-order valence-corrected chi connectivity index (χ2v) is 10.9. The van der Waals surface area contributed by atoms with Gasteiger partial charge in [0.2, 0.25) is 53.2 Å². The Morgan fingerprint density at radius 2 is 0.837 bits per heavy atom. The molecule has 0 radical (unpaired) electrons. The van der Waals surface area contributed by atoms with Crippen LogP contribution in [0.2, 0.25) is 0 Å². The van der Waals surface area contributed by atoms with E-state index in [1.165, 1.54) is 0 Å². The molecule has 1 fully saturated rings. The van der Waals surface area contributed by atoms with Crippen molar-refractivity contribution in [3.63, 3.8) is 0 Å². The molecule has 9 amide bonds. The number of carbonyl (C=O) groups is 9. The maximum atomic E-state index is 13.5. The van der Waals surface area contributed by atoms with Crippen LogP contribution in [-0.4, -0.2) is 127 Å². The van der Waals surface area contributed by atoms with Gasteiger partial charge in [-0.15, -0.1) is 0 Å². The number of rotatable bonds is 12. The molecule has 276 valence electrons. The number of nitrogens with one attached hydrogen (secondary N) is 6. The molecule has 49 heavy (non-hydrogen) atoms. The van der Waals surface area contributed by atoms with Gasteiger partial charge in [-0.25, -0.2) is 0 Å². The average Bonchev–Trinajstić information content (AvgIpc) is 3.02. The van der Waals surface area contributed by atoms with Gasteiger partial charge in [-0.05, 0) is 59.7 Å². The Bertz CT molecular complexity index is 1180. The van der Waals surface area contributed by atoms with Crippen LogP contribution in [0.4, 0.5) is 0 Å². The molecule has 0 aromatic carbocycles. The Morgan fingerprint density at radius 1 is 0.531 bits per heavy atom. The fourth-order valence-electron chi connectivity index (χ4n) is 4.21. The summed E-state index contributed by atoms with van der Waals surface area (Å²) in [6.07, 6.45) is -1.69. The van der Waals surface area contributed by atoms with Crippen molar-refractivity contribution >= 4 is 53.2 Å². The Hall–Kier alpha value is -4.37. The molecule has 1 rings (SSSR count). The summed E-state index contributed by atoms with van der Waals surface area (Å²) in [4.78, 5) is 112. The second kappa shape index (κ2) is 23.1. The molecule has 3 atom stereocenters. The number of amides is 9. The first kappa shape index (κ1) is 44.6. The number of hydrogen-bond acceptors (Lipinski definition) is 12. The summed E-state index contributed by atoms with van der Waals surface area (Å²) in [6.45, 7) is -1.83. The van der Waals surface area contributed by atoms with Gasteiger partial charge in [-0.1, -0.05) is 0 Å². The van der Waals surface area contributed by atoms with Gasteiger partial charge in [0.25, 0.3) is 0 Å². The smallest absolute Gasteiger partial charge is 0.756 e. The molecule has 0 saturated carbocycles. The van der Waals surface area contributed by atoms with E-state index in [1.807, 2.05) is 0 Å². The van der Waals surface area contributed by atoms with Crippen molar-refractivity contribution in [1.82, 2.24) is 47.1 Å². The summed E-state index contributed by atoms with van der Waals surface area (Å²) in [6, 6.07) is -4.24. The molecule has 0 aliphatic carbocycles. The summed E-state index contributed by atoms with van der Waals surface area (Å²) in [7, 11) is 2.96. The first-order valence-corrected chi connectivity index (χ1v) is 15.0. The predicted octanol–water partition coefficient (Wildman–Crippen LogP) is -3.82. The molecule has 21 nitrogen and oxygen atoms in total. The second-order valence-electron chi connectivity index (χ2n) is 10.9. The maximum Gasteiger partial charge on any atom is 2.00 e. The van der Waals surface area contributed by atoms with Gasteiger partial charge in [0.1, 0.15) is 18.1 Å². The van der Waals surface area contributed by atoms with Gasteiger partial charge in [-0.3, -0.25) is 43.2 Å². The Labute approximate surface area is 292 Å². The first-order valence-electron chi connectivity index (χ1n) is 15.0. The molecule has 3 unspecified atom stereocenters. The molecule has 1 aliphatic heterocycles. The van der Waals surface area contributed by atoms with E-state index in [0.717, 1.165) is 21.1 Å². The molecule has 0 spiro atoms. The van der Waals surface area contributed by atoms with Gasteiger partial charge in [-0.2, -0.15) is 0 Å². The molecule has 0 bridgehead atoms. The summed E-state index contributed by atoms with van der Waals surface area (Å²) in [5.74, 6) is -7.58. The topological polar surface area (TPSA) is 305 Å². The van der Waals surface area contributed by atoms with Crippen LogP contribution in [0.1, 0.15) is 57.8 Å². The Morgan fingerprint density at radius 3 is 1.20 bits per heavy atom. The first-order chi connectivity index (χ1) is 22.5. The number of carbonyl (C=O) groups excluding carboxylic acids is 9. The van der Waals surface area contributed by atoms with Gasteiger partial charge in [0.05, 0.1) is 19.6 Å². The zero-order valence-electron chi connectivity index (χ0n) is 27.3. The van der Waals surface area contributed by atoms with E-state index in [9.17, 15) is 58.8 Å². The fourth-order valence-corrected chi connectivity index (χ4v) is 4.21. The SMILES string of the molecule is CN([O-])C(=O)CCCC1NC(=O)CNC(=O)CNC(=O)CNC(=O)C(CCCC(=O)N(C)[O-])NC(=O)C(CCCC(=O)N(C)[O-])NC1=O.[Fe+2]. The number of nitrogens with zero attached hydrogens (tertiary/aromatic N) is 3. The van der Waals surface area contributed by atoms with Crippen LogP contribution in [0.5, 0.6) is 0 Å². The standard InChI is InChI=1S/C27H42N9O12.Fe/c1-34(46)22(40)10-4-7-16-25(43)30-14-20(38)28-13-19(37)29-15-21(39)31-17(8-5-11-23(41)35(2)47)26(44)33-18(27(45)32-16)9-6-12-24(42)36(3)48;/h16-18H,4-15H2,1-3H3,(H,28,38)(H,29,37)(H,30,43)(H,31,39)(H,32,45)(H,33,44);/q-3;+2. The van der Waals surface area contributed by atoms with Crippen molar-refractivity contribution in [2.45, 2.75) is 75.9 Å². The van der Waals surface area contributed by atoms with Crippen molar-refractivity contribution in [2.75, 3.05) is 40.8 Å². The molecule has 1 saturated heterocycles. The van der Waals surface area contributed by atoms with Crippen LogP contribution >= 0.6 is 0 Å². The average molecular weight is 741 g/mol. The van der Waals surface area contributed by atoms with E-state index in [1.54, 1.807) is 0 Å². The molecule has 22 heteroatoms. The van der Waals surface area contributed by atoms with Crippen LogP contribution in [0, 0.1) is 15.6 Å². The molecular formula is C27H42FeN9O12-. The minimum Gasteiger partial charge on any atom is -0.756 e. The third-order valence-electron chi connectivity index (χ3n) is 6.94. The largest absolute Gasteiger partial charge is 2.00 e. The van der Waals surface area contributed by atoms with Crippen LogP contribution in [0.25, 0.3) is 0 Å². The van der Waals surface area contributed by atoms with Crippen LogP contribution in [-0.2, 0) is 60.2 Å². The molecule has 0 aromatic rings. The van der Waals surface area contributed by atoms with Crippen molar-refractivity contribution in [3.8, 4) is 0 Å². The zero-order valence-corrected chi connectivity index (χ0v) is 28.4. The van der Waals surface area contributed by atoms with Gasteiger partial charge in [0, 0.05) is 19.3 Å². The van der Waals surface area contributed by atoms with E-state index in [0.29, 0.717) is 0 Å². The van der Waals surface area contributed by atoms with Crippen LogP contribution in [0.3, 0.4) is 0 Å². The summed E-state index contributed by atoms with van der Waals surface area (Å²) in [5, 5.41) is 48.1. The van der Waals surface area contributed by atoms with Gasteiger partial charge < -0.3 is 62.7 Å². The third kappa shape index (κ3) is 18.1. The van der Waals surface area contributed by atoms with E-state index < -0.39 is 90.9 Å². The van der Waals surface area contributed by atoms with Gasteiger partial charge in [0.15, 0.2) is 0 Å². The van der Waals surface area contributed by atoms with E-state index in [2.05, 4.69) is 31.9 Å². The van der Waals surface area contributed by atoms with E-state index in [-0.39, 0.29) is 90.0 Å². The van der Waals surface area contributed by atoms with Crippen molar-refractivity contribution in [2.24, 2.45) is 0 Å². The monoisotopic (exact) mass is 740 g/mol. The van der Waals surface area contributed by atoms with Crippen molar-refractivity contribution in [1.29, 1.82) is 0 Å². The fraction of sp³-hybridized carbons (Fsp3) is 0.667. The van der Waals surface area contributed by atoms with E-state index >= 15 is 0 Å².